The summed E-state index contributed by atoms with van der Waals surface area (Å²) in [6.45, 7) is 7.38. The summed E-state index contributed by atoms with van der Waals surface area (Å²) in [4.78, 5) is 15.4. The van der Waals surface area contributed by atoms with E-state index in [9.17, 15) is 4.79 Å². The second-order valence-corrected chi connectivity index (χ2v) is 11.0. The molecule has 0 unspecified atom stereocenters. The Balaban J connectivity index is 1.31. The average Bonchev–Trinajstić information content (AvgIpc) is 3.43. The van der Waals surface area contributed by atoms with Crippen LogP contribution in [0.1, 0.15) is 45.1 Å². The lowest BCUT2D eigenvalue weighted by Gasteiger charge is -2.32. The highest BCUT2D eigenvalue weighted by atomic mass is 32.2. The topological polar surface area (TPSA) is 68.5 Å². The summed E-state index contributed by atoms with van der Waals surface area (Å²) in [5, 5.41) is 10.2. The van der Waals surface area contributed by atoms with Gasteiger partial charge in [-0.1, -0.05) is 59.5 Å². The number of likely N-dealkylation sites (tertiary alicyclic amines) is 1. The lowest BCUT2D eigenvalue weighted by atomic mass is 10.1. The smallest absolute Gasteiger partial charge is 0.289 e. The fourth-order valence-corrected chi connectivity index (χ4v) is 6.20. The number of furan rings is 1. The summed E-state index contributed by atoms with van der Waals surface area (Å²) in [6, 6.07) is 14.0. The van der Waals surface area contributed by atoms with Crippen molar-refractivity contribution in [1.29, 1.82) is 0 Å². The lowest BCUT2D eigenvalue weighted by molar-refractivity contribution is 0.0565. The van der Waals surface area contributed by atoms with E-state index in [0.29, 0.717) is 24.6 Å². The third-order valence-electron chi connectivity index (χ3n) is 6.16. The molecule has 2 aromatic heterocycles. The van der Waals surface area contributed by atoms with Crippen LogP contribution in [0.15, 0.2) is 51.2 Å². The van der Waals surface area contributed by atoms with Gasteiger partial charge in [-0.3, -0.25) is 4.79 Å². The summed E-state index contributed by atoms with van der Waals surface area (Å²) in [6.07, 6.45) is 1.71. The molecule has 0 saturated carbocycles. The number of amides is 1. The Hall–Kier alpha value is -2.84. The average molecular weight is 494 g/mol. The summed E-state index contributed by atoms with van der Waals surface area (Å²) in [5.41, 5.74) is 3.96. The summed E-state index contributed by atoms with van der Waals surface area (Å²) in [5.74, 6) is 1.96. The second kappa shape index (κ2) is 9.80. The fourth-order valence-electron chi connectivity index (χ4n) is 4.36. The van der Waals surface area contributed by atoms with Gasteiger partial charge in [-0.15, -0.1) is 10.2 Å². The Bertz CT molecular complexity index is 1300. The van der Waals surface area contributed by atoms with Crippen LogP contribution in [0.25, 0.3) is 11.0 Å². The lowest BCUT2D eigenvalue weighted by Crippen LogP contribution is -2.42. The number of benzene rings is 2. The standard InChI is InChI=1S/C26H27N3O3S2/c1-16-7-6-8-17(2)23(16)31-19-11-13-29(14-12-19)25(30)24-21(15-33-26-28-27-18(3)34-26)20-9-4-5-10-22(20)32-24/h4-10,19H,11-15H2,1-3H3. The van der Waals surface area contributed by atoms with Crippen molar-refractivity contribution in [1.82, 2.24) is 15.1 Å². The Morgan fingerprint density at radius 1 is 1.09 bits per heavy atom. The number of thioether (sulfide) groups is 1. The van der Waals surface area contributed by atoms with E-state index in [4.69, 9.17) is 9.15 Å². The van der Waals surface area contributed by atoms with E-state index in [-0.39, 0.29) is 12.0 Å². The molecular weight excluding hydrogens is 466 g/mol. The number of hydrogen-bond donors (Lipinski definition) is 0. The summed E-state index contributed by atoms with van der Waals surface area (Å²) in [7, 11) is 0. The van der Waals surface area contributed by atoms with Crippen LogP contribution in [-0.4, -0.2) is 40.2 Å². The number of carbonyl (C=O) groups is 1. The number of aryl methyl sites for hydroxylation is 3. The van der Waals surface area contributed by atoms with E-state index in [1.807, 2.05) is 42.2 Å². The molecule has 1 fully saturated rings. The third kappa shape index (κ3) is 4.70. The van der Waals surface area contributed by atoms with Crippen LogP contribution < -0.4 is 4.74 Å². The van der Waals surface area contributed by atoms with Gasteiger partial charge in [-0.05, 0) is 38.0 Å². The zero-order chi connectivity index (χ0) is 23.7. The van der Waals surface area contributed by atoms with E-state index in [1.54, 1.807) is 23.1 Å². The molecule has 5 rings (SSSR count). The van der Waals surface area contributed by atoms with Gasteiger partial charge in [0.2, 0.25) is 0 Å². The number of piperidine rings is 1. The van der Waals surface area contributed by atoms with Gasteiger partial charge in [0.05, 0.1) is 0 Å². The molecule has 0 radical (unpaired) electrons. The van der Waals surface area contributed by atoms with Gasteiger partial charge in [-0.25, -0.2) is 0 Å². The monoisotopic (exact) mass is 493 g/mol. The van der Waals surface area contributed by atoms with Gasteiger partial charge >= 0.3 is 0 Å². The SMILES string of the molecule is Cc1nnc(SCc2c(C(=O)N3CCC(Oc4c(C)cccc4C)CC3)oc3ccccc23)s1. The first-order chi connectivity index (χ1) is 16.5. The number of aromatic nitrogens is 2. The Morgan fingerprint density at radius 2 is 1.82 bits per heavy atom. The van der Waals surface area contributed by atoms with Crippen LogP contribution >= 0.6 is 23.1 Å². The van der Waals surface area contributed by atoms with Crippen LogP contribution in [0.4, 0.5) is 0 Å². The normalized spacial score (nSPS) is 14.6. The third-order valence-corrected chi connectivity index (χ3v) is 8.16. The van der Waals surface area contributed by atoms with Crippen LogP contribution in [0.5, 0.6) is 5.75 Å². The highest BCUT2D eigenvalue weighted by Crippen LogP contribution is 2.34. The summed E-state index contributed by atoms with van der Waals surface area (Å²) >= 11 is 3.15. The van der Waals surface area contributed by atoms with E-state index in [0.717, 1.165) is 55.6 Å². The number of fused-ring (bicyclic) bond motifs is 1. The van der Waals surface area contributed by atoms with Crippen molar-refractivity contribution in [2.45, 2.75) is 49.8 Å². The zero-order valence-corrected chi connectivity index (χ0v) is 21.2. The molecule has 8 heteroatoms. The molecule has 0 spiro atoms. The van der Waals surface area contributed by atoms with Gasteiger partial charge in [0.15, 0.2) is 10.1 Å². The predicted octanol–water partition coefficient (Wildman–Crippen LogP) is 6.19. The maximum atomic E-state index is 13.5. The molecular formula is C26H27N3O3S2. The maximum absolute atomic E-state index is 13.5. The van der Waals surface area contributed by atoms with Crippen molar-refractivity contribution in [3.05, 3.63) is 69.9 Å². The van der Waals surface area contributed by atoms with Gasteiger partial charge in [0.25, 0.3) is 5.91 Å². The zero-order valence-electron chi connectivity index (χ0n) is 19.5. The maximum Gasteiger partial charge on any atom is 0.289 e. The molecule has 1 amide bonds. The number of carbonyl (C=O) groups excluding carboxylic acids is 1. The molecule has 1 saturated heterocycles. The molecule has 0 aliphatic carbocycles. The minimum Gasteiger partial charge on any atom is -0.490 e. The quantitative estimate of drug-likeness (QED) is 0.299. The predicted molar refractivity (Wildman–Crippen MR) is 136 cm³/mol. The van der Waals surface area contributed by atoms with Crippen LogP contribution in [-0.2, 0) is 5.75 Å². The van der Waals surface area contributed by atoms with Gasteiger partial charge in [0, 0.05) is 42.6 Å². The Kier molecular flexibility index (Phi) is 6.61. The fraction of sp³-hybridized carbons (Fsp3) is 0.346. The first-order valence-electron chi connectivity index (χ1n) is 11.4. The van der Waals surface area contributed by atoms with E-state index >= 15 is 0 Å². The Labute approximate surface area is 207 Å². The molecule has 6 nitrogen and oxygen atoms in total. The number of nitrogens with zero attached hydrogens (tertiary/aromatic N) is 3. The highest BCUT2D eigenvalue weighted by Gasteiger charge is 2.30. The molecule has 0 N–H and O–H groups in total. The molecule has 3 heterocycles. The van der Waals surface area contributed by atoms with Crippen molar-refractivity contribution in [2.24, 2.45) is 0 Å². The van der Waals surface area contributed by atoms with Gasteiger partial charge in [-0.2, -0.15) is 0 Å². The number of rotatable bonds is 6. The molecule has 0 atom stereocenters. The van der Waals surface area contributed by atoms with Gasteiger partial charge < -0.3 is 14.1 Å². The van der Waals surface area contributed by atoms with Crippen molar-refractivity contribution in [3.8, 4) is 5.75 Å². The van der Waals surface area contributed by atoms with Crippen molar-refractivity contribution >= 4 is 40.0 Å². The van der Waals surface area contributed by atoms with E-state index < -0.39 is 0 Å². The molecule has 2 aromatic carbocycles. The largest absolute Gasteiger partial charge is 0.490 e. The second-order valence-electron chi connectivity index (χ2n) is 8.61. The molecule has 4 aromatic rings. The van der Waals surface area contributed by atoms with E-state index in [2.05, 4.69) is 36.2 Å². The van der Waals surface area contributed by atoms with Crippen molar-refractivity contribution < 1.29 is 13.9 Å². The first kappa shape index (κ1) is 22.9. The number of para-hydroxylation sites is 2. The van der Waals surface area contributed by atoms with Crippen LogP contribution in [0.2, 0.25) is 0 Å². The summed E-state index contributed by atoms with van der Waals surface area (Å²) < 4.78 is 13.3. The molecule has 1 aliphatic heterocycles. The van der Waals surface area contributed by atoms with Crippen LogP contribution in [0, 0.1) is 20.8 Å². The Morgan fingerprint density at radius 3 is 2.53 bits per heavy atom. The molecule has 0 bridgehead atoms. The number of hydrogen-bond acceptors (Lipinski definition) is 7. The van der Waals surface area contributed by atoms with Crippen LogP contribution in [0.3, 0.4) is 0 Å². The molecule has 34 heavy (non-hydrogen) atoms. The minimum absolute atomic E-state index is 0.0502. The molecule has 1 aliphatic rings. The highest BCUT2D eigenvalue weighted by molar-refractivity contribution is 8.00. The molecule has 176 valence electrons. The first-order valence-corrected chi connectivity index (χ1v) is 13.3. The van der Waals surface area contributed by atoms with Crippen molar-refractivity contribution in [3.63, 3.8) is 0 Å². The van der Waals surface area contributed by atoms with Crippen molar-refractivity contribution in [2.75, 3.05) is 13.1 Å². The minimum atomic E-state index is -0.0502. The van der Waals surface area contributed by atoms with Gasteiger partial charge in [0.1, 0.15) is 22.4 Å². The number of ether oxygens (including phenoxy) is 1. The van der Waals surface area contributed by atoms with E-state index in [1.165, 1.54) is 0 Å².